The molecule has 1 saturated heterocycles. The van der Waals surface area contributed by atoms with Crippen molar-refractivity contribution < 1.29 is 13.2 Å². The standard InChI is InChI=1S/C12H19N3O3S/c1-3-13-12-8-10(4-6-14-12)19(16,17)15-11-5-7-18-9(11)2/h4,6,8-9,11,15H,3,5,7H2,1-2H3,(H,13,14). The van der Waals surface area contributed by atoms with Crippen LogP contribution in [0.2, 0.25) is 0 Å². The molecule has 1 fully saturated rings. The number of rotatable bonds is 5. The van der Waals surface area contributed by atoms with E-state index in [0.717, 1.165) is 0 Å². The normalized spacial score (nSPS) is 23.5. The van der Waals surface area contributed by atoms with Gasteiger partial charge in [0.2, 0.25) is 10.0 Å². The summed E-state index contributed by atoms with van der Waals surface area (Å²) in [7, 11) is -3.53. The van der Waals surface area contributed by atoms with E-state index in [1.165, 1.54) is 18.3 Å². The second kappa shape index (κ2) is 5.85. The zero-order valence-electron chi connectivity index (χ0n) is 11.1. The molecule has 0 bridgehead atoms. The average molecular weight is 285 g/mol. The lowest BCUT2D eigenvalue weighted by molar-refractivity contribution is 0.117. The Hall–Kier alpha value is -1.18. The van der Waals surface area contributed by atoms with Gasteiger partial charge in [0.05, 0.1) is 17.0 Å². The number of pyridine rings is 1. The van der Waals surface area contributed by atoms with Crippen LogP contribution in [0.1, 0.15) is 20.3 Å². The molecule has 0 radical (unpaired) electrons. The second-order valence-corrected chi connectivity index (χ2v) is 6.21. The lowest BCUT2D eigenvalue weighted by Gasteiger charge is -2.16. The number of aromatic nitrogens is 1. The number of hydrogen-bond acceptors (Lipinski definition) is 5. The second-order valence-electron chi connectivity index (χ2n) is 4.50. The molecule has 19 heavy (non-hydrogen) atoms. The average Bonchev–Trinajstić information content (AvgIpc) is 2.75. The van der Waals surface area contributed by atoms with Crippen molar-refractivity contribution in [2.75, 3.05) is 18.5 Å². The molecule has 0 aliphatic carbocycles. The van der Waals surface area contributed by atoms with E-state index in [1.54, 1.807) is 0 Å². The molecule has 1 aliphatic heterocycles. The Kier molecular flexibility index (Phi) is 4.38. The molecule has 0 amide bonds. The molecule has 1 aromatic heterocycles. The first kappa shape index (κ1) is 14.2. The number of hydrogen-bond donors (Lipinski definition) is 2. The highest BCUT2D eigenvalue weighted by Gasteiger charge is 2.29. The van der Waals surface area contributed by atoms with Crippen molar-refractivity contribution >= 4 is 15.8 Å². The Morgan fingerprint density at radius 3 is 2.95 bits per heavy atom. The molecule has 7 heteroatoms. The Labute approximate surface area is 113 Å². The molecule has 0 aromatic carbocycles. The Balaban J connectivity index is 2.16. The summed E-state index contributed by atoms with van der Waals surface area (Å²) >= 11 is 0. The Morgan fingerprint density at radius 1 is 1.53 bits per heavy atom. The lowest BCUT2D eigenvalue weighted by Crippen LogP contribution is -2.39. The molecule has 6 nitrogen and oxygen atoms in total. The third-order valence-corrected chi connectivity index (χ3v) is 4.57. The van der Waals surface area contributed by atoms with E-state index >= 15 is 0 Å². The minimum Gasteiger partial charge on any atom is -0.377 e. The Bertz CT molecular complexity index is 533. The van der Waals surface area contributed by atoms with Gasteiger partial charge >= 0.3 is 0 Å². The highest BCUT2D eigenvalue weighted by Crippen LogP contribution is 2.18. The highest BCUT2D eigenvalue weighted by molar-refractivity contribution is 7.89. The molecule has 0 saturated carbocycles. The molecule has 2 heterocycles. The summed E-state index contributed by atoms with van der Waals surface area (Å²) < 4.78 is 32.6. The lowest BCUT2D eigenvalue weighted by atomic mass is 10.2. The monoisotopic (exact) mass is 285 g/mol. The van der Waals surface area contributed by atoms with Crippen LogP contribution in [0.15, 0.2) is 23.2 Å². The van der Waals surface area contributed by atoms with Gasteiger partial charge in [0.15, 0.2) is 0 Å². The molecular weight excluding hydrogens is 266 g/mol. The van der Waals surface area contributed by atoms with Crippen LogP contribution in [0.3, 0.4) is 0 Å². The number of ether oxygens (including phenoxy) is 1. The van der Waals surface area contributed by atoms with Crippen LogP contribution in [0.25, 0.3) is 0 Å². The van der Waals surface area contributed by atoms with Crippen molar-refractivity contribution in [2.45, 2.75) is 37.3 Å². The van der Waals surface area contributed by atoms with Gasteiger partial charge in [-0.3, -0.25) is 0 Å². The van der Waals surface area contributed by atoms with Gasteiger partial charge in [0, 0.05) is 25.4 Å². The predicted octanol–water partition coefficient (Wildman–Crippen LogP) is 0.969. The molecule has 2 N–H and O–H groups in total. The van der Waals surface area contributed by atoms with Gasteiger partial charge in [-0.05, 0) is 26.3 Å². The van der Waals surface area contributed by atoms with E-state index in [1.807, 2.05) is 13.8 Å². The van der Waals surface area contributed by atoms with Crippen LogP contribution in [0, 0.1) is 0 Å². The predicted molar refractivity (Wildman–Crippen MR) is 72.5 cm³/mol. The summed E-state index contributed by atoms with van der Waals surface area (Å²) in [6.45, 7) is 5.08. The van der Waals surface area contributed by atoms with E-state index in [9.17, 15) is 8.42 Å². The van der Waals surface area contributed by atoms with Gasteiger partial charge in [-0.25, -0.2) is 18.1 Å². The summed E-state index contributed by atoms with van der Waals surface area (Å²) in [5.74, 6) is 0.557. The largest absolute Gasteiger partial charge is 0.377 e. The van der Waals surface area contributed by atoms with Crippen molar-refractivity contribution in [3.63, 3.8) is 0 Å². The summed E-state index contributed by atoms with van der Waals surface area (Å²) in [5.41, 5.74) is 0. The number of nitrogens with zero attached hydrogens (tertiary/aromatic N) is 1. The summed E-state index contributed by atoms with van der Waals surface area (Å²) in [4.78, 5) is 4.28. The summed E-state index contributed by atoms with van der Waals surface area (Å²) in [5, 5.41) is 2.99. The topological polar surface area (TPSA) is 80.3 Å². The van der Waals surface area contributed by atoms with Crippen LogP contribution in [-0.4, -0.2) is 38.7 Å². The van der Waals surface area contributed by atoms with E-state index in [4.69, 9.17) is 4.74 Å². The highest BCUT2D eigenvalue weighted by atomic mass is 32.2. The van der Waals surface area contributed by atoms with Crippen molar-refractivity contribution in [1.82, 2.24) is 9.71 Å². The molecule has 1 aromatic rings. The fraction of sp³-hybridized carbons (Fsp3) is 0.583. The molecule has 2 rings (SSSR count). The van der Waals surface area contributed by atoms with Crippen molar-refractivity contribution in [1.29, 1.82) is 0 Å². The van der Waals surface area contributed by atoms with Gasteiger partial charge in [-0.1, -0.05) is 0 Å². The van der Waals surface area contributed by atoms with Gasteiger partial charge in [0.25, 0.3) is 0 Å². The fourth-order valence-electron chi connectivity index (χ4n) is 2.01. The molecule has 1 aliphatic rings. The van der Waals surface area contributed by atoms with E-state index < -0.39 is 10.0 Å². The first-order valence-electron chi connectivity index (χ1n) is 6.37. The summed E-state index contributed by atoms with van der Waals surface area (Å²) in [6, 6.07) is 2.86. The first-order valence-corrected chi connectivity index (χ1v) is 7.85. The summed E-state index contributed by atoms with van der Waals surface area (Å²) in [6.07, 6.45) is 2.09. The van der Waals surface area contributed by atoms with Crippen LogP contribution >= 0.6 is 0 Å². The molecule has 0 spiro atoms. The van der Waals surface area contributed by atoms with Crippen LogP contribution in [0.5, 0.6) is 0 Å². The SMILES string of the molecule is CCNc1cc(S(=O)(=O)NC2CCOC2C)ccn1. The fourth-order valence-corrected chi connectivity index (χ4v) is 3.36. The maximum Gasteiger partial charge on any atom is 0.241 e. The maximum absolute atomic E-state index is 12.3. The van der Waals surface area contributed by atoms with Crippen LogP contribution in [-0.2, 0) is 14.8 Å². The van der Waals surface area contributed by atoms with Crippen molar-refractivity contribution in [3.8, 4) is 0 Å². The van der Waals surface area contributed by atoms with Crippen LogP contribution < -0.4 is 10.0 Å². The van der Waals surface area contributed by atoms with Crippen molar-refractivity contribution in [2.24, 2.45) is 0 Å². The number of sulfonamides is 1. The van der Waals surface area contributed by atoms with Gasteiger partial charge in [-0.2, -0.15) is 0 Å². The van der Waals surface area contributed by atoms with E-state index in [2.05, 4.69) is 15.0 Å². The van der Waals surface area contributed by atoms with Crippen LogP contribution in [0.4, 0.5) is 5.82 Å². The molecular formula is C12H19N3O3S. The maximum atomic E-state index is 12.3. The quantitative estimate of drug-likeness (QED) is 0.842. The van der Waals surface area contributed by atoms with E-state index in [0.29, 0.717) is 25.4 Å². The Morgan fingerprint density at radius 2 is 2.32 bits per heavy atom. The molecule has 106 valence electrons. The molecule has 2 atom stereocenters. The zero-order valence-corrected chi connectivity index (χ0v) is 11.9. The number of anilines is 1. The van der Waals surface area contributed by atoms with Gasteiger partial charge < -0.3 is 10.1 Å². The van der Waals surface area contributed by atoms with Gasteiger partial charge in [0.1, 0.15) is 5.82 Å². The zero-order chi connectivity index (χ0) is 13.9. The third kappa shape index (κ3) is 3.43. The van der Waals surface area contributed by atoms with Crippen molar-refractivity contribution in [3.05, 3.63) is 18.3 Å². The van der Waals surface area contributed by atoms with E-state index in [-0.39, 0.29) is 17.0 Å². The number of nitrogens with one attached hydrogen (secondary N) is 2. The minimum atomic E-state index is -3.53. The van der Waals surface area contributed by atoms with Gasteiger partial charge in [-0.15, -0.1) is 0 Å². The smallest absolute Gasteiger partial charge is 0.241 e. The molecule has 2 unspecified atom stereocenters. The first-order chi connectivity index (χ1) is 9.03. The third-order valence-electron chi connectivity index (χ3n) is 3.08. The minimum absolute atomic E-state index is 0.0927.